The van der Waals surface area contributed by atoms with Crippen LogP contribution >= 0.6 is 11.6 Å². The van der Waals surface area contributed by atoms with Crippen LogP contribution in [0.15, 0.2) is 47.0 Å². The predicted octanol–water partition coefficient (Wildman–Crippen LogP) is 4.52. The van der Waals surface area contributed by atoms with Crippen LogP contribution in [0.4, 0.5) is 14.6 Å². The highest BCUT2D eigenvalue weighted by molar-refractivity contribution is 6.30. The van der Waals surface area contributed by atoms with Crippen LogP contribution in [0, 0.1) is 11.6 Å². The van der Waals surface area contributed by atoms with Gasteiger partial charge in [0.2, 0.25) is 0 Å². The fourth-order valence-corrected chi connectivity index (χ4v) is 2.30. The number of rotatable bonds is 2. The Bertz CT molecular complexity index is 797. The normalized spacial score (nSPS) is 10.8. The molecule has 0 saturated heterocycles. The molecule has 0 radical (unpaired) electrons. The number of aromatic nitrogens is 1. The van der Waals surface area contributed by atoms with Crippen LogP contribution in [0.25, 0.3) is 22.5 Å². The molecule has 1 heterocycles. The molecule has 0 bridgehead atoms. The molecule has 3 rings (SSSR count). The number of nitrogens with two attached hydrogens (primary N) is 1. The Kier molecular flexibility index (Phi) is 3.35. The highest BCUT2D eigenvalue weighted by Gasteiger charge is 2.19. The van der Waals surface area contributed by atoms with Crippen molar-refractivity contribution < 1.29 is 13.3 Å². The smallest absolute Gasteiger partial charge is 0.176 e. The molecule has 0 aliphatic heterocycles. The number of hydrogen-bond donors (Lipinski definition) is 1. The van der Waals surface area contributed by atoms with Crippen molar-refractivity contribution >= 4 is 17.4 Å². The van der Waals surface area contributed by atoms with E-state index in [9.17, 15) is 8.78 Å². The topological polar surface area (TPSA) is 52.0 Å². The molecule has 6 heteroatoms. The van der Waals surface area contributed by atoms with Crippen molar-refractivity contribution in [3.8, 4) is 22.5 Å². The summed E-state index contributed by atoms with van der Waals surface area (Å²) in [6, 6.07) is 9.94. The van der Waals surface area contributed by atoms with E-state index in [4.69, 9.17) is 21.9 Å². The fourth-order valence-electron chi connectivity index (χ4n) is 2.11. The SMILES string of the molecule is Nc1noc(-c2cccc(Cl)c2)c1-c1cc(F)cc(F)c1. The summed E-state index contributed by atoms with van der Waals surface area (Å²) in [5.41, 5.74) is 6.96. The molecule has 21 heavy (non-hydrogen) atoms. The number of halogens is 3. The lowest BCUT2D eigenvalue weighted by molar-refractivity contribution is 0.436. The molecule has 0 spiro atoms. The summed E-state index contributed by atoms with van der Waals surface area (Å²) in [6.07, 6.45) is 0. The maximum absolute atomic E-state index is 13.4. The van der Waals surface area contributed by atoms with Gasteiger partial charge in [0.05, 0.1) is 5.56 Å². The van der Waals surface area contributed by atoms with Crippen molar-refractivity contribution in [2.24, 2.45) is 0 Å². The van der Waals surface area contributed by atoms with Crippen molar-refractivity contribution in [2.75, 3.05) is 5.73 Å². The Labute approximate surface area is 123 Å². The van der Waals surface area contributed by atoms with Gasteiger partial charge in [-0.05, 0) is 29.8 Å². The molecule has 3 nitrogen and oxygen atoms in total. The van der Waals surface area contributed by atoms with Crippen LogP contribution in [0.3, 0.4) is 0 Å². The van der Waals surface area contributed by atoms with E-state index in [1.54, 1.807) is 24.3 Å². The van der Waals surface area contributed by atoms with Crippen molar-refractivity contribution in [3.63, 3.8) is 0 Å². The lowest BCUT2D eigenvalue weighted by Crippen LogP contribution is -1.91. The molecule has 2 aromatic carbocycles. The van der Waals surface area contributed by atoms with Gasteiger partial charge in [0.25, 0.3) is 0 Å². The highest BCUT2D eigenvalue weighted by Crippen LogP contribution is 2.37. The molecule has 3 aromatic rings. The highest BCUT2D eigenvalue weighted by atomic mass is 35.5. The molecular formula is C15H9ClF2N2O. The molecule has 0 saturated carbocycles. The molecule has 0 unspecified atom stereocenters. The van der Waals surface area contributed by atoms with Gasteiger partial charge in [-0.1, -0.05) is 28.9 Å². The minimum Gasteiger partial charge on any atom is -0.380 e. The number of anilines is 1. The third kappa shape index (κ3) is 2.60. The molecule has 106 valence electrons. The van der Waals surface area contributed by atoms with E-state index >= 15 is 0 Å². The summed E-state index contributed by atoms with van der Waals surface area (Å²) in [5.74, 6) is -1.06. The van der Waals surface area contributed by atoms with E-state index in [-0.39, 0.29) is 11.4 Å². The Hall–Kier alpha value is -2.40. The quantitative estimate of drug-likeness (QED) is 0.757. The number of nitrogen functional groups attached to an aromatic ring is 1. The molecule has 0 atom stereocenters. The lowest BCUT2D eigenvalue weighted by Gasteiger charge is -2.04. The zero-order chi connectivity index (χ0) is 15.0. The first-order valence-corrected chi connectivity index (χ1v) is 6.40. The first-order chi connectivity index (χ1) is 10.0. The number of benzene rings is 2. The van der Waals surface area contributed by atoms with Crippen LogP contribution < -0.4 is 5.73 Å². The van der Waals surface area contributed by atoms with Crippen LogP contribution in [0.5, 0.6) is 0 Å². The maximum Gasteiger partial charge on any atom is 0.176 e. The van der Waals surface area contributed by atoms with Crippen molar-refractivity contribution in [3.05, 3.63) is 59.1 Å². The summed E-state index contributed by atoms with van der Waals surface area (Å²) in [7, 11) is 0. The van der Waals surface area contributed by atoms with Crippen molar-refractivity contribution in [2.45, 2.75) is 0 Å². The van der Waals surface area contributed by atoms with E-state index in [2.05, 4.69) is 5.16 Å². The Morgan fingerprint density at radius 2 is 1.71 bits per heavy atom. The maximum atomic E-state index is 13.4. The first kappa shape index (κ1) is 13.6. The number of hydrogen-bond acceptors (Lipinski definition) is 3. The van der Waals surface area contributed by atoms with Gasteiger partial charge in [-0.25, -0.2) is 8.78 Å². The largest absolute Gasteiger partial charge is 0.380 e. The second-order valence-corrected chi connectivity index (χ2v) is 4.88. The van der Waals surface area contributed by atoms with Crippen molar-refractivity contribution in [1.29, 1.82) is 0 Å². The Balaban J connectivity index is 2.22. The zero-order valence-electron chi connectivity index (χ0n) is 10.6. The summed E-state index contributed by atoms with van der Waals surface area (Å²) in [4.78, 5) is 0. The van der Waals surface area contributed by atoms with Crippen molar-refractivity contribution in [1.82, 2.24) is 5.16 Å². The summed E-state index contributed by atoms with van der Waals surface area (Å²) in [5, 5.41) is 4.17. The lowest BCUT2D eigenvalue weighted by atomic mass is 10.0. The van der Waals surface area contributed by atoms with Gasteiger partial charge in [-0.15, -0.1) is 0 Å². The van der Waals surface area contributed by atoms with Crippen LogP contribution in [-0.4, -0.2) is 5.16 Å². The van der Waals surface area contributed by atoms with E-state index in [1.165, 1.54) is 12.1 Å². The minimum atomic E-state index is -0.706. The van der Waals surface area contributed by atoms with E-state index < -0.39 is 11.6 Å². The standard InChI is InChI=1S/C15H9ClF2N2O/c16-10-3-1-2-8(4-10)14-13(15(19)20-21-14)9-5-11(17)7-12(18)6-9/h1-7H,(H2,19,20). The van der Waals surface area contributed by atoms with E-state index in [0.717, 1.165) is 6.07 Å². The van der Waals surface area contributed by atoms with Gasteiger partial charge >= 0.3 is 0 Å². The molecule has 0 aliphatic rings. The Morgan fingerprint density at radius 1 is 1.00 bits per heavy atom. The van der Waals surface area contributed by atoms with E-state index in [1.807, 2.05) is 0 Å². The monoisotopic (exact) mass is 306 g/mol. The second kappa shape index (κ2) is 5.18. The molecule has 0 aliphatic carbocycles. The van der Waals surface area contributed by atoms with Gasteiger partial charge in [-0.3, -0.25) is 0 Å². The third-order valence-electron chi connectivity index (χ3n) is 2.96. The van der Waals surface area contributed by atoms with Crippen LogP contribution in [-0.2, 0) is 0 Å². The summed E-state index contributed by atoms with van der Waals surface area (Å²) in [6.45, 7) is 0. The van der Waals surface area contributed by atoms with E-state index in [0.29, 0.717) is 21.9 Å². The van der Waals surface area contributed by atoms with Gasteiger partial charge in [-0.2, -0.15) is 0 Å². The Morgan fingerprint density at radius 3 is 2.38 bits per heavy atom. The fraction of sp³-hybridized carbons (Fsp3) is 0. The average molecular weight is 307 g/mol. The molecule has 2 N–H and O–H groups in total. The van der Waals surface area contributed by atoms with Gasteiger partial charge in [0, 0.05) is 16.7 Å². The molecule has 1 aromatic heterocycles. The zero-order valence-corrected chi connectivity index (χ0v) is 11.4. The predicted molar refractivity (Wildman–Crippen MR) is 76.7 cm³/mol. The number of nitrogens with zero attached hydrogens (tertiary/aromatic N) is 1. The van der Waals surface area contributed by atoms with Crippen LogP contribution in [0.2, 0.25) is 5.02 Å². The molecule has 0 amide bonds. The van der Waals surface area contributed by atoms with Gasteiger partial charge in [0.1, 0.15) is 11.6 Å². The minimum absolute atomic E-state index is 0.0509. The second-order valence-electron chi connectivity index (χ2n) is 4.44. The van der Waals surface area contributed by atoms with Crippen LogP contribution in [0.1, 0.15) is 0 Å². The first-order valence-electron chi connectivity index (χ1n) is 6.02. The third-order valence-corrected chi connectivity index (χ3v) is 3.19. The molecular weight excluding hydrogens is 298 g/mol. The summed E-state index contributed by atoms with van der Waals surface area (Å²) < 4.78 is 32.0. The van der Waals surface area contributed by atoms with Gasteiger partial charge < -0.3 is 10.3 Å². The average Bonchev–Trinajstić information content (AvgIpc) is 2.79. The summed E-state index contributed by atoms with van der Waals surface area (Å²) >= 11 is 5.94. The van der Waals surface area contributed by atoms with Gasteiger partial charge in [0.15, 0.2) is 11.6 Å². The molecule has 0 fully saturated rings.